The maximum Gasteiger partial charge on any atom is 0.198 e. The van der Waals surface area contributed by atoms with Crippen LogP contribution in [0.4, 0.5) is 10.1 Å². The summed E-state index contributed by atoms with van der Waals surface area (Å²) in [4.78, 5) is 22.7. The second kappa shape index (κ2) is 7.58. The van der Waals surface area contributed by atoms with Gasteiger partial charge in [-0.15, -0.1) is 0 Å². The molecule has 162 valence electrons. The van der Waals surface area contributed by atoms with Crippen molar-refractivity contribution in [2.75, 3.05) is 44.7 Å². The predicted octanol–water partition coefficient (Wildman–Crippen LogP) is 2.99. The highest BCUT2D eigenvalue weighted by atomic mass is 19.1. The number of halogens is 1. The smallest absolute Gasteiger partial charge is 0.198 e. The number of ether oxygens (including phenoxy) is 1. The molecule has 0 aliphatic carbocycles. The van der Waals surface area contributed by atoms with E-state index < -0.39 is 11.4 Å². The van der Waals surface area contributed by atoms with Crippen LogP contribution in [0.3, 0.4) is 0 Å². The van der Waals surface area contributed by atoms with Gasteiger partial charge in [0.1, 0.15) is 17.9 Å². The van der Waals surface area contributed by atoms with Gasteiger partial charge in [-0.05, 0) is 40.8 Å². The molecule has 1 aromatic carbocycles. The highest BCUT2D eigenvalue weighted by molar-refractivity contribution is 5.95. The van der Waals surface area contributed by atoms with Crippen LogP contribution < -0.4 is 15.1 Å². The van der Waals surface area contributed by atoms with Gasteiger partial charge in [-0.25, -0.2) is 4.39 Å². The Hall–Kier alpha value is -2.61. The molecule has 1 atom stereocenters. The highest BCUT2D eigenvalue weighted by Gasteiger charge is 2.30. The minimum atomic E-state index is -0.463. The van der Waals surface area contributed by atoms with Gasteiger partial charge in [-0.1, -0.05) is 5.16 Å². The normalized spacial score (nSPS) is 20.1. The summed E-state index contributed by atoms with van der Waals surface area (Å²) in [6, 6.07) is 1.34. The summed E-state index contributed by atoms with van der Waals surface area (Å²) in [7, 11) is 2.06. The average molecular weight is 416 g/mol. The van der Waals surface area contributed by atoms with E-state index in [9.17, 15) is 4.79 Å². The summed E-state index contributed by atoms with van der Waals surface area (Å²) in [5, 5.41) is 4.26. The number of piperazine rings is 1. The first-order valence-corrected chi connectivity index (χ1v) is 10.3. The molecule has 0 bridgehead atoms. The number of aromatic nitrogens is 1. The Morgan fingerprint density at radius 3 is 2.63 bits per heavy atom. The Morgan fingerprint density at radius 1 is 1.27 bits per heavy atom. The SMILES string of the molecule is C[C@H]1COc2c(N3CCN(C)CC3)c(F)cc3c(=O)c(/C=N/OC(C)(C)C)cn1c23. The molecule has 0 amide bonds. The molecule has 0 radical (unpaired) electrons. The van der Waals surface area contributed by atoms with Crippen molar-refractivity contribution in [3.8, 4) is 5.75 Å². The number of benzene rings is 1. The van der Waals surface area contributed by atoms with Crippen molar-refractivity contribution in [1.29, 1.82) is 0 Å². The molecule has 0 unspecified atom stereocenters. The number of nitrogens with zero attached hydrogens (tertiary/aromatic N) is 4. The summed E-state index contributed by atoms with van der Waals surface area (Å²) in [5.41, 5.74) is 0.704. The van der Waals surface area contributed by atoms with Crippen LogP contribution in [0, 0.1) is 5.82 Å². The first-order valence-electron chi connectivity index (χ1n) is 10.3. The standard InChI is InChI=1S/C22H29FN4O3/c1-14-13-29-21-18-16(10-17(23)19(21)26-8-6-25(5)7-9-26)20(28)15(12-27(14)18)11-24-30-22(2,3)4/h10-12,14H,6-9,13H2,1-5H3/b24-11+/t14-/m0/s1. The number of oxime groups is 1. The Morgan fingerprint density at radius 2 is 1.97 bits per heavy atom. The summed E-state index contributed by atoms with van der Waals surface area (Å²) >= 11 is 0. The average Bonchev–Trinajstić information content (AvgIpc) is 2.67. The van der Waals surface area contributed by atoms with E-state index in [0.717, 1.165) is 13.1 Å². The van der Waals surface area contributed by atoms with Crippen LogP contribution >= 0.6 is 0 Å². The van der Waals surface area contributed by atoms with Crippen molar-refractivity contribution in [3.05, 3.63) is 33.9 Å². The summed E-state index contributed by atoms with van der Waals surface area (Å²) in [5.74, 6) is 0.0273. The minimum absolute atomic E-state index is 0.00193. The highest BCUT2D eigenvalue weighted by Crippen LogP contribution is 2.41. The Bertz CT molecular complexity index is 1050. The molecule has 2 aromatic rings. The topological polar surface area (TPSA) is 59.3 Å². The predicted molar refractivity (Wildman–Crippen MR) is 117 cm³/mol. The van der Waals surface area contributed by atoms with Crippen molar-refractivity contribution in [2.24, 2.45) is 5.16 Å². The molecule has 7 nitrogen and oxygen atoms in total. The molecule has 2 aliphatic rings. The molecule has 1 saturated heterocycles. The molecule has 4 rings (SSSR count). The van der Waals surface area contributed by atoms with Crippen molar-refractivity contribution >= 4 is 22.8 Å². The third kappa shape index (κ3) is 3.76. The quantitative estimate of drug-likeness (QED) is 0.569. The van der Waals surface area contributed by atoms with Crippen molar-refractivity contribution in [3.63, 3.8) is 0 Å². The van der Waals surface area contributed by atoms with Gasteiger partial charge < -0.3 is 23.9 Å². The zero-order valence-corrected chi connectivity index (χ0v) is 18.2. The van der Waals surface area contributed by atoms with Crippen molar-refractivity contribution in [1.82, 2.24) is 9.47 Å². The van der Waals surface area contributed by atoms with E-state index in [-0.39, 0.29) is 11.5 Å². The first kappa shape index (κ1) is 20.7. The van der Waals surface area contributed by atoms with E-state index in [0.29, 0.717) is 47.6 Å². The van der Waals surface area contributed by atoms with Gasteiger partial charge in [0.25, 0.3) is 0 Å². The zero-order valence-electron chi connectivity index (χ0n) is 18.2. The fourth-order valence-electron chi connectivity index (χ4n) is 3.89. The fourth-order valence-corrected chi connectivity index (χ4v) is 3.89. The van der Waals surface area contributed by atoms with Crippen LogP contribution in [0.15, 0.2) is 22.2 Å². The second-order valence-electron chi connectivity index (χ2n) is 9.14. The lowest BCUT2D eigenvalue weighted by molar-refractivity contribution is 0.00198. The maximum absolute atomic E-state index is 15.3. The number of hydrogen-bond donors (Lipinski definition) is 0. The van der Waals surface area contributed by atoms with Crippen LogP contribution in [0.5, 0.6) is 5.75 Å². The van der Waals surface area contributed by atoms with Gasteiger partial charge in [0.2, 0.25) is 0 Å². The van der Waals surface area contributed by atoms with Gasteiger partial charge in [-0.3, -0.25) is 4.79 Å². The van der Waals surface area contributed by atoms with E-state index in [1.165, 1.54) is 12.3 Å². The lowest BCUT2D eigenvalue weighted by Gasteiger charge is -2.37. The third-order valence-corrected chi connectivity index (χ3v) is 5.51. The van der Waals surface area contributed by atoms with Crippen molar-refractivity contribution < 1.29 is 14.0 Å². The van der Waals surface area contributed by atoms with E-state index in [1.807, 2.05) is 37.2 Å². The van der Waals surface area contributed by atoms with Gasteiger partial charge in [-0.2, -0.15) is 0 Å². The Balaban J connectivity index is 1.86. The Labute approximate surface area is 175 Å². The number of hydrogen-bond acceptors (Lipinski definition) is 6. The lowest BCUT2D eigenvalue weighted by Crippen LogP contribution is -2.45. The molecular weight excluding hydrogens is 387 g/mol. The van der Waals surface area contributed by atoms with Crippen LogP contribution in [-0.4, -0.2) is 61.1 Å². The molecular formula is C22H29FN4O3. The molecule has 1 fully saturated rings. The molecule has 0 spiro atoms. The van der Waals surface area contributed by atoms with Crippen LogP contribution in [-0.2, 0) is 4.84 Å². The summed E-state index contributed by atoms with van der Waals surface area (Å²) < 4.78 is 23.3. The van der Waals surface area contributed by atoms with E-state index in [2.05, 4.69) is 17.1 Å². The summed E-state index contributed by atoms with van der Waals surface area (Å²) in [6.45, 7) is 11.2. The molecule has 8 heteroatoms. The molecule has 30 heavy (non-hydrogen) atoms. The van der Waals surface area contributed by atoms with E-state index in [4.69, 9.17) is 9.57 Å². The van der Waals surface area contributed by atoms with Crippen LogP contribution in [0.1, 0.15) is 39.3 Å². The molecule has 1 aromatic heterocycles. The fraction of sp³-hybridized carbons (Fsp3) is 0.545. The lowest BCUT2D eigenvalue weighted by atomic mass is 10.1. The first-order chi connectivity index (χ1) is 14.2. The zero-order chi connectivity index (χ0) is 21.6. The maximum atomic E-state index is 15.3. The van der Waals surface area contributed by atoms with Gasteiger partial charge >= 0.3 is 0 Å². The van der Waals surface area contributed by atoms with E-state index >= 15 is 4.39 Å². The molecule has 3 heterocycles. The molecule has 2 aliphatic heterocycles. The van der Waals surface area contributed by atoms with Crippen LogP contribution in [0.2, 0.25) is 0 Å². The monoisotopic (exact) mass is 416 g/mol. The molecule has 0 N–H and O–H groups in total. The van der Waals surface area contributed by atoms with Gasteiger partial charge in [0.15, 0.2) is 17.0 Å². The number of anilines is 1. The molecule has 0 saturated carbocycles. The number of rotatable bonds is 3. The van der Waals surface area contributed by atoms with Gasteiger partial charge in [0, 0.05) is 32.4 Å². The largest absolute Gasteiger partial charge is 0.487 e. The number of likely N-dealkylation sites (N-methyl/N-ethyl adjacent to an activating group) is 1. The summed E-state index contributed by atoms with van der Waals surface area (Å²) in [6.07, 6.45) is 3.17. The van der Waals surface area contributed by atoms with Crippen LogP contribution in [0.25, 0.3) is 10.9 Å². The second-order valence-corrected chi connectivity index (χ2v) is 9.14. The number of pyridine rings is 1. The minimum Gasteiger partial charge on any atom is -0.487 e. The van der Waals surface area contributed by atoms with Gasteiger partial charge in [0.05, 0.1) is 28.7 Å². The van der Waals surface area contributed by atoms with Crippen molar-refractivity contribution in [2.45, 2.75) is 39.3 Å². The van der Waals surface area contributed by atoms with E-state index in [1.54, 1.807) is 6.20 Å². The Kier molecular flexibility index (Phi) is 5.22. The third-order valence-electron chi connectivity index (χ3n) is 5.51.